The van der Waals surface area contributed by atoms with Gasteiger partial charge in [0, 0.05) is 77.5 Å². The predicted octanol–water partition coefficient (Wildman–Crippen LogP) is 6.05. The van der Waals surface area contributed by atoms with E-state index in [4.69, 9.17) is 19.4 Å². The Labute approximate surface area is 313 Å². The van der Waals surface area contributed by atoms with Crippen molar-refractivity contribution in [2.24, 2.45) is 23.2 Å². The highest BCUT2D eigenvalue weighted by Gasteiger charge is 2.52. The molecule has 3 aliphatic rings. The summed E-state index contributed by atoms with van der Waals surface area (Å²) in [5, 5.41) is 8.10. The summed E-state index contributed by atoms with van der Waals surface area (Å²) in [7, 11) is 1.69. The monoisotopic (exact) mass is 744 g/mol. The number of nitrogens with zero attached hydrogens (tertiary/aromatic N) is 4. The fraction of sp³-hybridized carbons (Fsp3) is 0.525. The van der Waals surface area contributed by atoms with Gasteiger partial charge in [-0.2, -0.15) is 0 Å². The Kier molecular flexibility index (Phi) is 10.4. The van der Waals surface area contributed by atoms with E-state index in [0.29, 0.717) is 37.4 Å². The predicted molar refractivity (Wildman–Crippen MR) is 201 cm³/mol. The average Bonchev–Trinajstić information content (AvgIpc) is 3.44. The lowest BCUT2D eigenvalue weighted by atomic mass is 9.84. The molecular formula is C40H49FN6O5S. The van der Waals surface area contributed by atoms with Crippen molar-refractivity contribution in [2.45, 2.75) is 85.0 Å². The first-order valence-corrected chi connectivity index (χ1v) is 19.5. The van der Waals surface area contributed by atoms with Crippen LogP contribution in [-0.4, -0.2) is 76.3 Å². The van der Waals surface area contributed by atoms with Gasteiger partial charge in [-0.1, -0.05) is 26.8 Å². The molecule has 0 spiro atoms. The lowest BCUT2D eigenvalue weighted by Crippen LogP contribution is -2.60. The average molecular weight is 745 g/mol. The summed E-state index contributed by atoms with van der Waals surface area (Å²) >= 11 is 1.43. The maximum atomic E-state index is 14.1. The van der Waals surface area contributed by atoms with Crippen LogP contribution in [0.25, 0.3) is 33.4 Å². The van der Waals surface area contributed by atoms with Crippen molar-refractivity contribution in [1.29, 1.82) is 0 Å². The number of halogens is 1. The van der Waals surface area contributed by atoms with Crippen molar-refractivity contribution in [3.8, 4) is 22.5 Å². The van der Waals surface area contributed by atoms with Crippen molar-refractivity contribution in [3.63, 3.8) is 0 Å². The lowest BCUT2D eigenvalue weighted by Gasteiger charge is -2.35. The summed E-state index contributed by atoms with van der Waals surface area (Å²) in [4.78, 5) is 50.8. The normalized spacial score (nSPS) is 25.1. The van der Waals surface area contributed by atoms with Crippen molar-refractivity contribution in [1.82, 2.24) is 30.3 Å². The zero-order valence-electron chi connectivity index (χ0n) is 31.3. The first-order chi connectivity index (χ1) is 25.4. The molecule has 2 aliphatic heterocycles. The van der Waals surface area contributed by atoms with Crippen molar-refractivity contribution < 1.29 is 28.2 Å². The molecule has 1 saturated carbocycles. The van der Waals surface area contributed by atoms with Crippen molar-refractivity contribution >= 4 is 40.0 Å². The van der Waals surface area contributed by atoms with Crippen LogP contribution in [0.3, 0.4) is 0 Å². The first-order valence-electron chi connectivity index (χ1n) is 18.6. The molecule has 0 unspecified atom stereocenters. The number of pyridine rings is 1. The summed E-state index contributed by atoms with van der Waals surface area (Å²) in [5.41, 5.74) is 9.41. The number of hydrazine groups is 1. The number of aryl methyl sites for hydroxylation is 1. The number of methoxy groups -OCH3 is 1. The van der Waals surface area contributed by atoms with Crippen LogP contribution in [0, 0.1) is 23.2 Å². The third kappa shape index (κ3) is 7.23. The number of benzene rings is 1. The van der Waals surface area contributed by atoms with E-state index in [2.05, 4.69) is 60.3 Å². The number of alkyl halides is 1. The smallest absolute Gasteiger partial charge is 0.324 e. The number of aromatic nitrogens is 3. The second kappa shape index (κ2) is 14.9. The van der Waals surface area contributed by atoms with Gasteiger partial charge in [0.2, 0.25) is 5.91 Å². The molecule has 11 nitrogen and oxygen atoms in total. The number of esters is 1. The molecule has 3 aromatic heterocycles. The number of rotatable bonds is 7. The molecule has 2 N–H and O–H groups in total. The van der Waals surface area contributed by atoms with E-state index in [1.165, 1.54) is 16.3 Å². The number of thiazole rings is 1. The third-order valence-corrected chi connectivity index (χ3v) is 12.1. The van der Waals surface area contributed by atoms with Gasteiger partial charge in [-0.25, -0.2) is 10.4 Å². The Bertz CT molecular complexity index is 2030. The van der Waals surface area contributed by atoms with E-state index in [-0.39, 0.29) is 42.8 Å². The molecule has 13 heteroatoms. The molecule has 1 saturated heterocycles. The number of carbonyl (C=O) groups excluding carboxylic acids is 3. The number of ether oxygens (including phenoxy) is 2. The second-order valence-electron chi connectivity index (χ2n) is 15.5. The Balaban J connectivity index is 1.34. The molecule has 282 valence electrons. The van der Waals surface area contributed by atoms with Gasteiger partial charge < -0.3 is 19.4 Å². The quantitative estimate of drug-likeness (QED) is 0.219. The maximum Gasteiger partial charge on any atom is 0.324 e. The summed E-state index contributed by atoms with van der Waals surface area (Å²) in [6.45, 7) is 10.9. The molecule has 2 fully saturated rings. The third-order valence-electron chi connectivity index (χ3n) is 11.2. The molecule has 2 amide bonds. The van der Waals surface area contributed by atoms with Gasteiger partial charge in [0.25, 0.3) is 5.91 Å². The second-order valence-corrected chi connectivity index (χ2v) is 16.4. The Morgan fingerprint density at radius 2 is 2.08 bits per heavy atom. The van der Waals surface area contributed by atoms with Crippen LogP contribution in [0.4, 0.5) is 4.39 Å². The van der Waals surface area contributed by atoms with Gasteiger partial charge in [0.15, 0.2) is 0 Å². The Hall–Kier alpha value is -4.20. The summed E-state index contributed by atoms with van der Waals surface area (Å²) in [5.74, 6) is -2.04. The number of nitrogens with one attached hydrogen (secondary N) is 2. The summed E-state index contributed by atoms with van der Waals surface area (Å²) < 4.78 is 27.7. The van der Waals surface area contributed by atoms with Crippen LogP contribution in [-0.2, 0) is 43.2 Å². The molecule has 1 aromatic carbocycles. The molecule has 1 aliphatic carbocycles. The van der Waals surface area contributed by atoms with Crippen LogP contribution >= 0.6 is 11.3 Å². The van der Waals surface area contributed by atoms with Crippen LogP contribution in [0.2, 0.25) is 0 Å². The highest BCUT2D eigenvalue weighted by atomic mass is 32.1. The largest absolute Gasteiger partial charge is 0.464 e. The Morgan fingerprint density at radius 3 is 2.81 bits per heavy atom. The number of cyclic esters (lactones) is 1. The number of fused-ring (bicyclic) bond motifs is 6. The molecule has 6 atom stereocenters. The number of amides is 2. The van der Waals surface area contributed by atoms with Gasteiger partial charge in [0.05, 0.1) is 41.5 Å². The highest BCUT2D eigenvalue weighted by molar-refractivity contribution is 7.10. The van der Waals surface area contributed by atoms with Gasteiger partial charge in [0.1, 0.15) is 12.1 Å². The van der Waals surface area contributed by atoms with Gasteiger partial charge in [-0.05, 0) is 68.9 Å². The van der Waals surface area contributed by atoms with E-state index < -0.39 is 36.1 Å². The molecule has 7 rings (SSSR count). The molecular weight excluding hydrogens is 696 g/mol. The molecule has 0 radical (unpaired) electrons. The molecule has 5 heterocycles. The SMILES string of the molecule is CCn1c(-c2cccnc2[C@H](C)OC)c2c3cc(ccc31)-c1csc(n1)C[C@H](NC(=O)[C@H]1[C@H](C)[C@@H]1CF)C(=O)N1CCC[C@H](N1)C(=O)OCC(C)(C)C2. The van der Waals surface area contributed by atoms with Crippen LogP contribution in [0.15, 0.2) is 41.9 Å². The fourth-order valence-electron chi connectivity index (χ4n) is 8.05. The Morgan fingerprint density at radius 1 is 1.26 bits per heavy atom. The fourth-order valence-corrected chi connectivity index (χ4v) is 8.90. The summed E-state index contributed by atoms with van der Waals surface area (Å²) in [6.07, 6.45) is 3.41. The van der Waals surface area contributed by atoms with Crippen LogP contribution < -0.4 is 10.7 Å². The van der Waals surface area contributed by atoms with Crippen molar-refractivity contribution in [3.05, 3.63) is 58.2 Å². The van der Waals surface area contributed by atoms with E-state index in [0.717, 1.165) is 44.7 Å². The minimum Gasteiger partial charge on any atom is -0.464 e. The first kappa shape index (κ1) is 37.1. The number of carbonyl (C=O) groups is 3. The highest BCUT2D eigenvalue weighted by Crippen LogP contribution is 2.46. The van der Waals surface area contributed by atoms with Gasteiger partial charge in [-0.3, -0.25) is 28.8 Å². The van der Waals surface area contributed by atoms with E-state index in [1.807, 2.05) is 25.3 Å². The van der Waals surface area contributed by atoms with Crippen LogP contribution in [0.5, 0.6) is 0 Å². The lowest BCUT2D eigenvalue weighted by molar-refractivity contribution is -0.155. The number of hydrogen-bond acceptors (Lipinski definition) is 9. The topological polar surface area (TPSA) is 128 Å². The molecule has 4 aromatic rings. The molecule has 53 heavy (non-hydrogen) atoms. The minimum atomic E-state index is -0.951. The van der Waals surface area contributed by atoms with E-state index >= 15 is 0 Å². The van der Waals surface area contributed by atoms with Gasteiger partial charge in [-0.15, -0.1) is 11.3 Å². The minimum absolute atomic E-state index is 0.0895. The molecule has 6 bridgehead atoms. The zero-order valence-corrected chi connectivity index (χ0v) is 32.1. The summed E-state index contributed by atoms with van der Waals surface area (Å²) in [6, 6.07) is 8.75. The zero-order chi connectivity index (χ0) is 37.6. The van der Waals surface area contributed by atoms with Gasteiger partial charge >= 0.3 is 5.97 Å². The van der Waals surface area contributed by atoms with E-state index in [1.54, 1.807) is 13.3 Å². The maximum absolute atomic E-state index is 14.1. The van der Waals surface area contributed by atoms with Crippen LogP contribution in [0.1, 0.15) is 69.8 Å². The van der Waals surface area contributed by atoms with Crippen molar-refractivity contribution in [2.75, 3.05) is 26.9 Å². The standard InChI is InChI=1S/C40H49FN6O5S/c1-7-46-32-13-12-24-16-26(32)27(36(46)25-10-8-14-42-35(25)23(3)51-6)18-40(4,5)21-52-39(50)29-11-9-15-47(45-29)38(49)30(17-33-43-31(24)20-53-33)44-37(48)34-22(2)28(34)19-41/h8,10,12-14,16,20,22-23,28-30,34,45H,7,9,11,15,17-19,21H2,1-6H3,(H,44,48)/t22-,23+,28+,29+,30+,34+/m1/s1. The number of hydrogen-bond donors (Lipinski definition) is 2. The van der Waals surface area contributed by atoms with E-state index in [9.17, 15) is 18.8 Å².